The first-order valence-electron chi connectivity index (χ1n) is 7.64. The Kier molecular flexibility index (Phi) is 5.85. The third kappa shape index (κ3) is 4.57. The van der Waals surface area contributed by atoms with Gasteiger partial charge in [0.25, 0.3) is 5.91 Å². The SMILES string of the molecule is CN(Cc1ccc(Cl)s1)C(=O)COC(=O)c1ccc2c(c1)NC(=O)CS2. The van der Waals surface area contributed by atoms with Crippen LogP contribution < -0.4 is 5.32 Å². The van der Waals surface area contributed by atoms with E-state index in [4.69, 9.17) is 16.3 Å². The van der Waals surface area contributed by atoms with Gasteiger partial charge >= 0.3 is 5.97 Å². The van der Waals surface area contributed by atoms with Crippen LogP contribution in [0.4, 0.5) is 5.69 Å². The van der Waals surface area contributed by atoms with Crippen molar-refractivity contribution in [3.63, 3.8) is 0 Å². The number of fused-ring (bicyclic) bond motifs is 1. The highest BCUT2D eigenvalue weighted by atomic mass is 35.5. The van der Waals surface area contributed by atoms with Crippen molar-refractivity contribution in [1.29, 1.82) is 0 Å². The monoisotopic (exact) mass is 410 g/mol. The fraction of sp³-hybridized carbons (Fsp3) is 0.235. The van der Waals surface area contributed by atoms with E-state index >= 15 is 0 Å². The van der Waals surface area contributed by atoms with Crippen molar-refractivity contribution in [2.75, 3.05) is 24.7 Å². The van der Waals surface area contributed by atoms with Crippen LogP contribution in [0.5, 0.6) is 0 Å². The fourth-order valence-electron chi connectivity index (χ4n) is 2.29. The molecule has 0 atom stereocenters. The number of likely N-dealkylation sites (N-methyl/N-ethyl adjacent to an activating group) is 1. The van der Waals surface area contributed by atoms with Crippen LogP contribution in [0.3, 0.4) is 0 Å². The molecule has 0 aliphatic carbocycles. The molecule has 1 aromatic heterocycles. The third-order valence-electron chi connectivity index (χ3n) is 3.62. The highest BCUT2D eigenvalue weighted by molar-refractivity contribution is 8.00. The van der Waals surface area contributed by atoms with Crippen LogP contribution in [0.2, 0.25) is 4.34 Å². The van der Waals surface area contributed by atoms with Crippen LogP contribution in [0.25, 0.3) is 0 Å². The summed E-state index contributed by atoms with van der Waals surface area (Å²) in [6.45, 7) is 0.0442. The number of esters is 1. The van der Waals surface area contributed by atoms with E-state index in [1.165, 1.54) is 28.0 Å². The smallest absolute Gasteiger partial charge is 0.338 e. The number of benzene rings is 1. The van der Waals surface area contributed by atoms with Crippen LogP contribution in [0.1, 0.15) is 15.2 Å². The van der Waals surface area contributed by atoms with Gasteiger partial charge in [-0.25, -0.2) is 4.79 Å². The lowest BCUT2D eigenvalue weighted by molar-refractivity contribution is -0.133. The molecule has 1 aliphatic rings. The van der Waals surface area contributed by atoms with Gasteiger partial charge in [-0.15, -0.1) is 23.1 Å². The maximum Gasteiger partial charge on any atom is 0.338 e. The molecule has 2 aromatic rings. The van der Waals surface area contributed by atoms with Crippen molar-refractivity contribution >= 4 is 58.2 Å². The number of halogens is 1. The Labute approximate surface area is 163 Å². The maximum absolute atomic E-state index is 12.2. The van der Waals surface area contributed by atoms with Gasteiger partial charge in [-0.1, -0.05) is 11.6 Å². The van der Waals surface area contributed by atoms with E-state index in [9.17, 15) is 14.4 Å². The molecule has 3 rings (SSSR count). The van der Waals surface area contributed by atoms with Crippen molar-refractivity contribution in [2.45, 2.75) is 11.4 Å². The predicted octanol–water partition coefficient (Wildman–Crippen LogP) is 3.26. The second kappa shape index (κ2) is 8.11. The van der Waals surface area contributed by atoms with Gasteiger partial charge in [-0.2, -0.15) is 0 Å². The number of hydrogen-bond donors (Lipinski definition) is 1. The molecule has 1 aliphatic heterocycles. The number of nitrogens with one attached hydrogen (secondary N) is 1. The molecule has 0 bridgehead atoms. The van der Waals surface area contributed by atoms with Gasteiger partial charge < -0.3 is 15.0 Å². The van der Waals surface area contributed by atoms with Crippen LogP contribution in [0, 0.1) is 0 Å². The zero-order valence-corrected chi connectivity index (χ0v) is 16.2. The Morgan fingerprint density at radius 3 is 2.85 bits per heavy atom. The predicted molar refractivity (Wildman–Crippen MR) is 102 cm³/mol. The molecule has 0 fully saturated rings. The maximum atomic E-state index is 12.2. The number of carbonyl (C=O) groups is 3. The number of rotatable bonds is 5. The fourth-order valence-corrected chi connectivity index (χ4v) is 4.22. The Balaban J connectivity index is 1.55. The molecule has 0 radical (unpaired) electrons. The van der Waals surface area contributed by atoms with E-state index < -0.39 is 5.97 Å². The first-order chi connectivity index (χ1) is 12.4. The zero-order chi connectivity index (χ0) is 18.7. The number of hydrogen-bond acceptors (Lipinski definition) is 6. The quantitative estimate of drug-likeness (QED) is 0.765. The number of amides is 2. The number of thiophene rings is 1. The molecule has 1 aromatic carbocycles. The average Bonchev–Trinajstić information content (AvgIpc) is 3.03. The normalized spacial score (nSPS) is 12.9. The number of nitrogens with zero attached hydrogens (tertiary/aromatic N) is 1. The molecule has 0 unspecified atom stereocenters. The summed E-state index contributed by atoms with van der Waals surface area (Å²) >= 11 is 8.68. The first kappa shape index (κ1) is 18.8. The molecule has 2 amide bonds. The molecule has 0 saturated carbocycles. The minimum Gasteiger partial charge on any atom is -0.452 e. The van der Waals surface area contributed by atoms with Gasteiger partial charge in [0.1, 0.15) is 0 Å². The van der Waals surface area contributed by atoms with Gasteiger partial charge in [0.05, 0.1) is 27.9 Å². The van der Waals surface area contributed by atoms with Crippen LogP contribution in [0.15, 0.2) is 35.2 Å². The summed E-state index contributed by atoms with van der Waals surface area (Å²) in [4.78, 5) is 39.1. The van der Waals surface area contributed by atoms with E-state index in [1.807, 2.05) is 6.07 Å². The molecule has 0 spiro atoms. The minimum absolute atomic E-state index is 0.112. The van der Waals surface area contributed by atoms with E-state index in [-0.39, 0.29) is 24.0 Å². The van der Waals surface area contributed by atoms with Crippen LogP contribution in [-0.2, 0) is 20.9 Å². The van der Waals surface area contributed by atoms with E-state index in [1.54, 1.807) is 31.3 Å². The molecule has 1 N–H and O–H groups in total. The van der Waals surface area contributed by atoms with Crippen molar-refractivity contribution < 1.29 is 19.1 Å². The van der Waals surface area contributed by atoms with Crippen molar-refractivity contribution in [2.24, 2.45) is 0 Å². The number of ether oxygens (including phenoxy) is 1. The number of anilines is 1. The van der Waals surface area contributed by atoms with E-state index in [2.05, 4.69) is 5.32 Å². The molecule has 9 heteroatoms. The third-order valence-corrected chi connectivity index (χ3v) is 5.91. The lowest BCUT2D eigenvalue weighted by Crippen LogP contribution is -2.30. The lowest BCUT2D eigenvalue weighted by atomic mass is 10.2. The topological polar surface area (TPSA) is 75.7 Å². The van der Waals surface area contributed by atoms with Crippen molar-refractivity contribution in [1.82, 2.24) is 4.90 Å². The zero-order valence-electron chi connectivity index (χ0n) is 13.8. The van der Waals surface area contributed by atoms with E-state index in [0.717, 1.165) is 9.77 Å². The van der Waals surface area contributed by atoms with Gasteiger partial charge in [0, 0.05) is 16.8 Å². The molecular formula is C17H15ClN2O4S2. The second-order valence-corrected chi connectivity index (χ2v) is 8.40. The second-order valence-electron chi connectivity index (χ2n) is 5.58. The van der Waals surface area contributed by atoms with E-state index in [0.29, 0.717) is 22.3 Å². The summed E-state index contributed by atoms with van der Waals surface area (Å²) < 4.78 is 5.76. The summed E-state index contributed by atoms with van der Waals surface area (Å²) in [5.41, 5.74) is 0.866. The summed E-state index contributed by atoms with van der Waals surface area (Å²) in [6, 6.07) is 8.55. The van der Waals surface area contributed by atoms with Gasteiger partial charge in [0.15, 0.2) is 6.61 Å². The summed E-state index contributed by atoms with van der Waals surface area (Å²) in [6.07, 6.45) is 0. The molecule has 0 saturated heterocycles. The van der Waals surface area contributed by atoms with Crippen molar-refractivity contribution in [3.05, 3.63) is 45.1 Å². The standard InChI is InChI=1S/C17H15ClN2O4S2/c1-20(7-11-3-5-14(18)26-11)16(22)8-24-17(23)10-2-4-13-12(6-10)19-15(21)9-25-13/h2-6H,7-9H2,1H3,(H,19,21). The van der Waals surface area contributed by atoms with Crippen molar-refractivity contribution in [3.8, 4) is 0 Å². The molecule has 6 nitrogen and oxygen atoms in total. The number of thioether (sulfide) groups is 1. The van der Waals surface area contributed by atoms with Gasteiger partial charge in [0.2, 0.25) is 5.91 Å². The number of carbonyl (C=O) groups excluding carboxylic acids is 3. The molecule has 2 heterocycles. The molecular weight excluding hydrogens is 396 g/mol. The van der Waals surface area contributed by atoms with Crippen LogP contribution >= 0.6 is 34.7 Å². The van der Waals surface area contributed by atoms with Gasteiger partial charge in [-0.3, -0.25) is 9.59 Å². The average molecular weight is 411 g/mol. The summed E-state index contributed by atoms with van der Waals surface area (Å²) in [5, 5.41) is 2.72. The Bertz CT molecular complexity index is 868. The largest absolute Gasteiger partial charge is 0.452 e. The Hall–Kier alpha value is -2.03. The van der Waals surface area contributed by atoms with Crippen LogP contribution in [-0.4, -0.2) is 42.1 Å². The highest BCUT2D eigenvalue weighted by Gasteiger charge is 2.19. The summed E-state index contributed by atoms with van der Waals surface area (Å²) in [7, 11) is 1.63. The highest BCUT2D eigenvalue weighted by Crippen LogP contribution is 2.32. The Morgan fingerprint density at radius 1 is 1.31 bits per heavy atom. The Morgan fingerprint density at radius 2 is 2.12 bits per heavy atom. The molecule has 26 heavy (non-hydrogen) atoms. The summed E-state index contributed by atoms with van der Waals surface area (Å²) in [5.74, 6) is -0.686. The van der Waals surface area contributed by atoms with Gasteiger partial charge in [-0.05, 0) is 30.3 Å². The lowest BCUT2D eigenvalue weighted by Gasteiger charge is -2.17. The minimum atomic E-state index is -0.612. The first-order valence-corrected chi connectivity index (χ1v) is 9.82. The molecule has 136 valence electrons.